The van der Waals surface area contributed by atoms with Gasteiger partial charge in [-0.2, -0.15) is 13.2 Å². The first-order valence-electron chi connectivity index (χ1n) is 6.05. The quantitative estimate of drug-likeness (QED) is 0.946. The Hall–Kier alpha value is -2.44. The van der Waals surface area contributed by atoms with Gasteiger partial charge in [-0.25, -0.2) is 0 Å². The molecule has 0 saturated carbocycles. The monoisotopic (exact) mass is 295 g/mol. The van der Waals surface area contributed by atoms with Gasteiger partial charge in [0.2, 0.25) is 5.91 Å². The molecule has 0 aliphatic heterocycles. The highest BCUT2D eigenvalue weighted by Crippen LogP contribution is 2.30. The number of primary amides is 1. The van der Waals surface area contributed by atoms with Crippen LogP contribution in [0, 0.1) is 6.92 Å². The number of nitrogens with zero attached hydrogens (tertiary/aromatic N) is 2. The fraction of sp³-hybridized carbons (Fsp3) is 0.214. The van der Waals surface area contributed by atoms with Gasteiger partial charge in [0.25, 0.3) is 0 Å². The van der Waals surface area contributed by atoms with Crippen molar-refractivity contribution in [1.29, 1.82) is 0 Å². The number of rotatable bonds is 3. The second-order valence-electron chi connectivity index (χ2n) is 4.58. The molecule has 0 radical (unpaired) electrons. The molecule has 4 nitrogen and oxygen atoms in total. The summed E-state index contributed by atoms with van der Waals surface area (Å²) in [7, 11) is 0. The zero-order valence-corrected chi connectivity index (χ0v) is 11.1. The predicted octanol–water partition coefficient (Wildman–Crippen LogP) is 2.50. The number of amides is 1. The molecule has 0 fully saturated rings. The van der Waals surface area contributed by atoms with Crippen molar-refractivity contribution in [3.8, 4) is 11.3 Å². The van der Waals surface area contributed by atoms with Crippen LogP contribution < -0.4 is 5.73 Å². The highest BCUT2D eigenvalue weighted by molar-refractivity contribution is 5.76. The fourth-order valence-corrected chi connectivity index (χ4v) is 1.97. The molecule has 7 heteroatoms. The van der Waals surface area contributed by atoms with Crippen LogP contribution in [0.25, 0.3) is 11.3 Å². The van der Waals surface area contributed by atoms with Crippen molar-refractivity contribution in [3.63, 3.8) is 0 Å². The van der Waals surface area contributed by atoms with Crippen LogP contribution in [-0.2, 0) is 17.4 Å². The van der Waals surface area contributed by atoms with E-state index in [2.05, 4.69) is 9.97 Å². The van der Waals surface area contributed by atoms with Crippen LogP contribution in [0.3, 0.4) is 0 Å². The van der Waals surface area contributed by atoms with E-state index in [1.807, 2.05) is 0 Å². The molecule has 2 N–H and O–H groups in total. The first kappa shape index (κ1) is 15.0. The number of aryl methyl sites for hydroxylation is 1. The molecule has 2 rings (SSSR count). The molecule has 110 valence electrons. The first-order chi connectivity index (χ1) is 9.77. The Kier molecular flexibility index (Phi) is 3.93. The summed E-state index contributed by atoms with van der Waals surface area (Å²) in [4.78, 5) is 18.3. The number of carbonyl (C=O) groups is 1. The number of carbonyl (C=O) groups excluding carboxylic acids is 1. The van der Waals surface area contributed by atoms with Gasteiger partial charge >= 0.3 is 6.18 Å². The van der Waals surface area contributed by atoms with E-state index in [1.165, 1.54) is 12.3 Å². The number of halogens is 3. The van der Waals surface area contributed by atoms with Crippen LogP contribution in [-0.4, -0.2) is 15.9 Å². The number of alkyl halides is 3. The van der Waals surface area contributed by atoms with Crippen molar-refractivity contribution < 1.29 is 18.0 Å². The standard InChI is InChI=1S/C14H12F3N3O/c1-8-4-9(5-12(18)21)7-20-13(8)10-2-3-19-11(6-10)14(15,16)17/h2-4,6-7H,5H2,1H3,(H2,18,21). The van der Waals surface area contributed by atoms with Gasteiger partial charge in [0.15, 0.2) is 0 Å². The molecular weight excluding hydrogens is 283 g/mol. The van der Waals surface area contributed by atoms with Crippen molar-refractivity contribution in [1.82, 2.24) is 9.97 Å². The van der Waals surface area contributed by atoms with E-state index in [9.17, 15) is 18.0 Å². The summed E-state index contributed by atoms with van der Waals surface area (Å²) in [5.41, 5.74) is 6.13. The molecule has 21 heavy (non-hydrogen) atoms. The first-order valence-corrected chi connectivity index (χ1v) is 6.05. The second-order valence-corrected chi connectivity index (χ2v) is 4.58. The van der Waals surface area contributed by atoms with Gasteiger partial charge in [-0.15, -0.1) is 0 Å². The summed E-state index contributed by atoms with van der Waals surface area (Å²) in [5, 5.41) is 0. The van der Waals surface area contributed by atoms with E-state index in [1.54, 1.807) is 13.0 Å². The van der Waals surface area contributed by atoms with Gasteiger partial charge in [-0.05, 0) is 30.2 Å². The minimum Gasteiger partial charge on any atom is -0.369 e. The Morgan fingerprint density at radius 1 is 1.29 bits per heavy atom. The molecule has 0 aromatic carbocycles. The largest absolute Gasteiger partial charge is 0.433 e. The van der Waals surface area contributed by atoms with Crippen LogP contribution in [0.5, 0.6) is 0 Å². The summed E-state index contributed by atoms with van der Waals surface area (Å²) in [6.07, 6.45) is -1.94. The van der Waals surface area contributed by atoms with E-state index >= 15 is 0 Å². The van der Waals surface area contributed by atoms with Crippen LogP contribution in [0.2, 0.25) is 0 Å². The average Bonchev–Trinajstić information content (AvgIpc) is 2.37. The smallest absolute Gasteiger partial charge is 0.369 e. The van der Waals surface area contributed by atoms with Gasteiger partial charge in [0.05, 0.1) is 12.1 Å². The molecule has 0 aliphatic carbocycles. The molecule has 0 aliphatic rings. The van der Waals surface area contributed by atoms with E-state index in [0.717, 1.165) is 12.3 Å². The summed E-state index contributed by atoms with van der Waals surface area (Å²) in [5.74, 6) is -0.493. The maximum atomic E-state index is 12.7. The third kappa shape index (κ3) is 3.56. The van der Waals surface area contributed by atoms with Crippen molar-refractivity contribution in [2.45, 2.75) is 19.5 Å². The van der Waals surface area contributed by atoms with E-state index < -0.39 is 17.8 Å². The van der Waals surface area contributed by atoms with Gasteiger partial charge in [-0.1, -0.05) is 6.07 Å². The maximum Gasteiger partial charge on any atom is 0.433 e. The molecule has 0 saturated heterocycles. The number of hydrogen-bond acceptors (Lipinski definition) is 3. The number of hydrogen-bond donors (Lipinski definition) is 1. The highest BCUT2D eigenvalue weighted by atomic mass is 19.4. The Morgan fingerprint density at radius 3 is 2.57 bits per heavy atom. The lowest BCUT2D eigenvalue weighted by Gasteiger charge is -2.10. The third-order valence-corrected chi connectivity index (χ3v) is 2.84. The van der Waals surface area contributed by atoms with Gasteiger partial charge in [0.1, 0.15) is 5.69 Å². The minimum atomic E-state index is -4.50. The highest BCUT2D eigenvalue weighted by Gasteiger charge is 2.32. The lowest BCUT2D eigenvalue weighted by atomic mass is 10.0. The van der Waals surface area contributed by atoms with Gasteiger partial charge in [0, 0.05) is 18.0 Å². The van der Waals surface area contributed by atoms with Crippen molar-refractivity contribution in [2.24, 2.45) is 5.73 Å². The molecule has 0 bridgehead atoms. The Labute approximate surface area is 118 Å². The number of pyridine rings is 2. The second kappa shape index (κ2) is 5.51. The Morgan fingerprint density at radius 2 is 2.00 bits per heavy atom. The number of aromatic nitrogens is 2. The van der Waals surface area contributed by atoms with Gasteiger partial charge < -0.3 is 5.73 Å². The average molecular weight is 295 g/mol. The molecule has 2 heterocycles. The predicted molar refractivity (Wildman–Crippen MR) is 70.1 cm³/mol. The summed E-state index contributed by atoms with van der Waals surface area (Å²) in [6, 6.07) is 4.09. The molecule has 2 aromatic heterocycles. The molecule has 2 aromatic rings. The normalized spacial score (nSPS) is 11.4. The number of nitrogens with two attached hydrogens (primary N) is 1. The van der Waals surface area contributed by atoms with Gasteiger partial charge in [-0.3, -0.25) is 14.8 Å². The molecule has 1 amide bonds. The Bertz CT molecular complexity index is 683. The topological polar surface area (TPSA) is 68.9 Å². The molecule has 0 spiro atoms. The molecule has 0 unspecified atom stereocenters. The van der Waals surface area contributed by atoms with Crippen molar-refractivity contribution in [2.75, 3.05) is 0 Å². The SMILES string of the molecule is Cc1cc(CC(N)=O)cnc1-c1ccnc(C(F)(F)F)c1. The molecule has 0 atom stereocenters. The summed E-state index contributed by atoms with van der Waals surface area (Å²) in [6.45, 7) is 1.71. The van der Waals surface area contributed by atoms with Crippen molar-refractivity contribution >= 4 is 5.91 Å². The minimum absolute atomic E-state index is 0.0399. The van der Waals surface area contributed by atoms with Crippen LogP contribution in [0.15, 0.2) is 30.6 Å². The lowest BCUT2D eigenvalue weighted by molar-refractivity contribution is -0.141. The Balaban J connectivity index is 2.41. The summed E-state index contributed by atoms with van der Waals surface area (Å²) < 4.78 is 38.0. The van der Waals surface area contributed by atoms with Crippen LogP contribution in [0.4, 0.5) is 13.2 Å². The summed E-state index contributed by atoms with van der Waals surface area (Å²) >= 11 is 0. The third-order valence-electron chi connectivity index (χ3n) is 2.84. The van der Waals surface area contributed by atoms with Crippen LogP contribution >= 0.6 is 0 Å². The van der Waals surface area contributed by atoms with Crippen LogP contribution in [0.1, 0.15) is 16.8 Å². The fourth-order valence-electron chi connectivity index (χ4n) is 1.97. The maximum absolute atomic E-state index is 12.7. The van der Waals surface area contributed by atoms with Crippen molar-refractivity contribution in [3.05, 3.63) is 47.4 Å². The van der Waals surface area contributed by atoms with E-state index in [4.69, 9.17) is 5.73 Å². The van der Waals surface area contributed by atoms with E-state index in [0.29, 0.717) is 22.4 Å². The zero-order chi connectivity index (χ0) is 15.6. The lowest BCUT2D eigenvalue weighted by Crippen LogP contribution is -2.14. The zero-order valence-electron chi connectivity index (χ0n) is 11.1. The van der Waals surface area contributed by atoms with E-state index in [-0.39, 0.29) is 6.42 Å². The molecular formula is C14H12F3N3O.